The fourth-order valence-corrected chi connectivity index (χ4v) is 1.33. The van der Waals surface area contributed by atoms with Gasteiger partial charge in [0.1, 0.15) is 0 Å². The standard InChI is InChI=1S/C12H16FO.BrH.Mg/c1-10-6-5-7-11(2)12(10)14-9-4-3-8-13;;/h6-7H,3-4,8-9H2,1-2H3;1H;/q-1;;+2/p-1. The summed E-state index contributed by atoms with van der Waals surface area (Å²) in [5, 5.41) is 0. The normalized spacial score (nSPS) is 8.94. The predicted molar refractivity (Wildman–Crippen MR) is 61.2 cm³/mol. The largest absolute Gasteiger partial charge is 2.00 e. The molecule has 0 amide bonds. The SMILES string of the molecule is Cc1c[c-]cc(C)c1OCCCCF.[Br-].[Mg+2]. The van der Waals surface area contributed by atoms with E-state index in [1.165, 1.54) is 0 Å². The first kappa shape index (κ1) is 18.6. The number of alkyl halides is 1. The number of unbranched alkanes of at least 4 members (excludes halogenated alkanes) is 1. The van der Waals surface area contributed by atoms with Crippen LogP contribution in [0.1, 0.15) is 24.0 Å². The van der Waals surface area contributed by atoms with Crippen molar-refractivity contribution in [1.29, 1.82) is 0 Å². The van der Waals surface area contributed by atoms with Crippen LogP contribution in [0.15, 0.2) is 12.1 Å². The minimum atomic E-state index is -0.260. The van der Waals surface area contributed by atoms with Crippen LogP contribution in [0.5, 0.6) is 5.75 Å². The first-order chi connectivity index (χ1) is 6.75. The van der Waals surface area contributed by atoms with Crippen molar-refractivity contribution < 1.29 is 26.1 Å². The molecule has 16 heavy (non-hydrogen) atoms. The number of ether oxygens (including phenoxy) is 1. The van der Waals surface area contributed by atoms with Crippen LogP contribution in [0.4, 0.5) is 4.39 Å². The molecular weight excluding hydrogens is 283 g/mol. The van der Waals surface area contributed by atoms with Gasteiger partial charge in [0, 0.05) is 5.75 Å². The third-order valence-electron chi connectivity index (χ3n) is 2.09. The summed E-state index contributed by atoms with van der Waals surface area (Å²) in [5.74, 6) is 0.919. The molecule has 0 spiro atoms. The second-order valence-electron chi connectivity index (χ2n) is 3.40. The molecule has 0 unspecified atom stereocenters. The van der Waals surface area contributed by atoms with Crippen molar-refractivity contribution in [2.24, 2.45) is 0 Å². The summed E-state index contributed by atoms with van der Waals surface area (Å²) >= 11 is 0. The van der Waals surface area contributed by atoms with Crippen LogP contribution in [0, 0.1) is 19.9 Å². The maximum absolute atomic E-state index is 11.8. The van der Waals surface area contributed by atoms with Crippen LogP contribution < -0.4 is 21.7 Å². The molecule has 1 aromatic rings. The second-order valence-corrected chi connectivity index (χ2v) is 3.40. The maximum Gasteiger partial charge on any atom is 2.00 e. The van der Waals surface area contributed by atoms with Gasteiger partial charge < -0.3 is 21.7 Å². The van der Waals surface area contributed by atoms with Crippen LogP contribution in [-0.4, -0.2) is 36.3 Å². The van der Waals surface area contributed by atoms with Gasteiger partial charge in [-0.25, -0.2) is 0 Å². The van der Waals surface area contributed by atoms with E-state index in [1.807, 2.05) is 26.0 Å². The Labute approximate surface area is 124 Å². The number of benzene rings is 1. The van der Waals surface area contributed by atoms with Gasteiger partial charge >= 0.3 is 23.1 Å². The average Bonchev–Trinajstić information content (AvgIpc) is 2.16. The smallest absolute Gasteiger partial charge is 1.00 e. The monoisotopic (exact) mass is 298 g/mol. The van der Waals surface area contributed by atoms with E-state index >= 15 is 0 Å². The number of hydrogen-bond acceptors (Lipinski definition) is 1. The van der Waals surface area contributed by atoms with Gasteiger partial charge in [0.05, 0.1) is 13.3 Å². The molecule has 0 atom stereocenters. The van der Waals surface area contributed by atoms with Crippen LogP contribution in [0.2, 0.25) is 0 Å². The minimum Gasteiger partial charge on any atom is -1.00 e. The van der Waals surface area contributed by atoms with E-state index in [9.17, 15) is 4.39 Å². The van der Waals surface area contributed by atoms with Gasteiger partial charge in [0.25, 0.3) is 0 Å². The molecular formula is C12H16BrFMgO. The van der Waals surface area contributed by atoms with Crippen molar-refractivity contribution >= 4 is 23.1 Å². The molecule has 0 heterocycles. The van der Waals surface area contributed by atoms with E-state index in [4.69, 9.17) is 4.74 Å². The number of halogens is 2. The van der Waals surface area contributed by atoms with Gasteiger partial charge in [0.15, 0.2) is 0 Å². The summed E-state index contributed by atoms with van der Waals surface area (Å²) in [6, 6.07) is 6.83. The summed E-state index contributed by atoms with van der Waals surface area (Å²) in [5.41, 5.74) is 2.18. The molecule has 1 rings (SSSR count). The summed E-state index contributed by atoms with van der Waals surface area (Å²) in [6.45, 7) is 4.32. The fraction of sp³-hybridized carbons (Fsp3) is 0.500. The molecule has 0 N–H and O–H groups in total. The maximum atomic E-state index is 11.8. The van der Waals surface area contributed by atoms with E-state index < -0.39 is 0 Å². The Morgan fingerprint density at radius 3 is 2.25 bits per heavy atom. The molecule has 0 aromatic heterocycles. The minimum absolute atomic E-state index is 0. The van der Waals surface area contributed by atoms with Crippen molar-refractivity contribution in [3.8, 4) is 5.75 Å². The second kappa shape index (κ2) is 10.4. The Balaban J connectivity index is 0. The quantitative estimate of drug-likeness (QED) is 0.418. The number of aryl methyl sites for hydroxylation is 2. The zero-order valence-electron chi connectivity index (χ0n) is 9.85. The molecule has 0 fully saturated rings. The first-order valence-electron chi connectivity index (χ1n) is 4.91. The summed E-state index contributed by atoms with van der Waals surface area (Å²) in [4.78, 5) is 0. The Morgan fingerprint density at radius 1 is 1.19 bits per heavy atom. The topological polar surface area (TPSA) is 9.23 Å². The third kappa shape index (κ3) is 6.06. The Hall–Kier alpha value is 0.196. The van der Waals surface area contributed by atoms with Crippen molar-refractivity contribution in [2.45, 2.75) is 26.7 Å². The van der Waals surface area contributed by atoms with E-state index in [0.29, 0.717) is 13.0 Å². The number of hydrogen-bond donors (Lipinski definition) is 0. The molecule has 0 bridgehead atoms. The summed E-state index contributed by atoms with van der Waals surface area (Å²) in [7, 11) is 0. The molecule has 0 radical (unpaired) electrons. The molecule has 1 aromatic carbocycles. The molecule has 0 aliphatic rings. The van der Waals surface area contributed by atoms with Crippen molar-refractivity contribution in [2.75, 3.05) is 13.3 Å². The van der Waals surface area contributed by atoms with Crippen LogP contribution >= 0.6 is 0 Å². The molecule has 0 aliphatic heterocycles. The molecule has 0 saturated heterocycles. The first-order valence-corrected chi connectivity index (χ1v) is 4.91. The molecule has 4 heteroatoms. The third-order valence-corrected chi connectivity index (χ3v) is 2.09. The Morgan fingerprint density at radius 2 is 1.75 bits per heavy atom. The molecule has 1 nitrogen and oxygen atoms in total. The summed E-state index contributed by atoms with van der Waals surface area (Å²) < 4.78 is 17.4. The zero-order valence-corrected chi connectivity index (χ0v) is 12.9. The number of rotatable bonds is 5. The zero-order chi connectivity index (χ0) is 10.4. The predicted octanol–water partition coefficient (Wildman–Crippen LogP) is -0.145. The van der Waals surface area contributed by atoms with Crippen molar-refractivity contribution in [3.63, 3.8) is 0 Å². The molecule has 0 saturated carbocycles. The van der Waals surface area contributed by atoms with Gasteiger partial charge in [-0.3, -0.25) is 4.39 Å². The van der Waals surface area contributed by atoms with Gasteiger partial charge in [-0.15, -0.1) is 11.1 Å². The van der Waals surface area contributed by atoms with E-state index in [1.54, 1.807) is 0 Å². The van der Waals surface area contributed by atoms with Gasteiger partial charge in [-0.2, -0.15) is 18.2 Å². The van der Waals surface area contributed by atoms with E-state index in [2.05, 4.69) is 6.07 Å². The van der Waals surface area contributed by atoms with E-state index in [-0.39, 0.29) is 46.7 Å². The van der Waals surface area contributed by atoms with Crippen LogP contribution in [0.3, 0.4) is 0 Å². The Kier molecular flexibility index (Phi) is 12.0. The van der Waals surface area contributed by atoms with Crippen LogP contribution in [-0.2, 0) is 0 Å². The van der Waals surface area contributed by atoms with E-state index in [0.717, 1.165) is 23.3 Å². The Bertz CT molecular complexity index is 274. The fourth-order valence-electron chi connectivity index (χ4n) is 1.33. The van der Waals surface area contributed by atoms with Crippen molar-refractivity contribution in [3.05, 3.63) is 29.3 Å². The van der Waals surface area contributed by atoms with Gasteiger partial charge in [0.2, 0.25) is 0 Å². The summed E-state index contributed by atoms with van der Waals surface area (Å²) in [6.07, 6.45) is 1.35. The van der Waals surface area contributed by atoms with Gasteiger partial charge in [-0.1, -0.05) is 13.8 Å². The average molecular weight is 299 g/mol. The molecule has 0 aliphatic carbocycles. The van der Waals surface area contributed by atoms with Crippen molar-refractivity contribution in [1.82, 2.24) is 0 Å². The van der Waals surface area contributed by atoms with Crippen LogP contribution in [0.25, 0.3) is 0 Å². The van der Waals surface area contributed by atoms with Gasteiger partial charge in [-0.05, 0) is 12.8 Å². The molecule has 86 valence electrons.